The zero-order valence-electron chi connectivity index (χ0n) is 9.44. The number of carbonyl (C=O) groups excluding carboxylic acids is 1. The van der Waals surface area contributed by atoms with Crippen molar-refractivity contribution in [2.45, 2.75) is 6.04 Å². The third-order valence-electron chi connectivity index (χ3n) is 1.95. The molecule has 1 aliphatic heterocycles. The zero-order chi connectivity index (χ0) is 12.5. The van der Waals surface area contributed by atoms with E-state index in [1.807, 2.05) is 0 Å². The molecule has 1 saturated heterocycles. The van der Waals surface area contributed by atoms with Crippen LogP contribution in [0.4, 0.5) is 0 Å². The average Bonchev–Trinajstić information content (AvgIpc) is 2.35. The number of thioether (sulfide) groups is 1. The highest BCUT2D eigenvalue weighted by atomic mass is 32.2. The fourth-order valence-corrected chi connectivity index (χ4v) is 2.23. The smallest absolute Gasteiger partial charge is 0.243 e. The van der Waals surface area contributed by atoms with Gasteiger partial charge in [-0.2, -0.15) is 0 Å². The predicted octanol–water partition coefficient (Wildman–Crippen LogP) is 0.269. The molecule has 0 bridgehead atoms. The molecule has 1 amide bonds. The summed E-state index contributed by atoms with van der Waals surface area (Å²) in [5.41, 5.74) is 0. The van der Waals surface area contributed by atoms with Crippen LogP contribution in [0.5, 0.6) is 0 Å². The Morgan fingerprint density at radius 3 is 2.88 bits per heavy atom. The Morgan fingerprint density at radius 1 is 1.53 bits per heavy atom. The molecule has 0 atom stereocenters. The largest absolute Gasteiger partial charge is 0.364 e. The second-order valence-electron chi connectivity index (χ2n) is 3.33. The Kier molecular flexibility index (Phi) is 7.18. The Labute approximate surface area is 110 Å². The summed E-state index contributed by atoms with van der Waals surface area (Å²) in [6, 6.07) is 0.117. The molecule has 1 fully saturated rings. The second kappa shape index (κ2) is 8.46. The van der Waals surface area contributed by atoms with Gasteiger partial charge in [0.15, 0.2) is 0 Å². The third-order valence-corrected chi connectivity index (χ3v) is 3.21. The summed E-state index contributed by atoms with van der Waals surface area (Å²) in [5, 5.41) is 5.81. The first kappa shape index (κ1) is 14.4. The minimum atomic E-state index is -0.168. The molecule has 2 N–H and O–H groups in total. The number of thiocarbonyl (C=S) groups is 1. The number of hydrogen-bond acceptors (Lipinski definition) is 5. The van der Waals surface area contributed by atoms with Gasteiger partial charge in [0, 0.05) is 12.3 Å². The number of hydrogen-bond donors (Lipinski definition) is 2. The first-order chi connectivity index (χ1) is 8.22. The highest BCUT2D eigenvalue weighted by Crippen LogP contribution is 2.04. The van der Waals surface area contributed by atoms with E-state index in [0.29, 0.717) is 30.9 Å². The Bertz CT molecular complexity index is 281. The van der Waals surface area contributed by atoms with Crippen LogP contribution in [-0.2, 0) is 14.3 Å². The van der Waals surface area contributed by atoms with Crippen LogP contribution in [0, 0.1) is 0 Å². The van der Waals surface area contributed by atoms with E-state index in [-0.39, 0.29) is 11.9 Å². The maximum absolute atomic E-state index is 10.9. The topological polar surface area (TPSA) is 59.6 Å². The molecule has 1 aliphatic rings. The van der Waals surface area contributed by atoms with Crippen molar-refractivity contribution in [1.29, 1.82) is 0 Å². The van der Waals surface area contributed by atoms with Gasteiger partial charge in [-0.1, -0.05) is 30.6 Å². The Balaban J connectivity index is 2.04. The van der Waals surface area contributed by atoms with Crippen molar-refractivity contribution in [2.24, 2.45) is 0 Å². The maximum Gasteiger partial charge on any atom is 0.243 e. The molecule has 0 aliphatic carbocycles. The molecule has 17 heavy (non-hydrogen) atoms. The number of amides is 1. The molecule has 0 aromatic heterocycles. The Morgan fingerprint density at radius 2 is 2.24 bits per heavy atom. The van der Waals surface area contributed by atoms with E-state index >= 15 is 0 Å². The normalized spacial score (nSPS) is 16.2. The average molecular weight is 276 g/mol. The minimum absolute atomic E-state index is 0.117. The van der Waals surface area contributed by atoms with Crippen LogP contribution in [0.25, 0.3) is 0 Å². The number of rotatable bonds is 5. The van der Waals surface area contributed by atoms with Crippen molar-refractivity contribution in [3.05, 3.63) is 12.7 Å². The molecule has 0 radical (unpaired) electrons. The fraction of sp³-hybridized carbons (Fsp3) is 0.600. The molecule has 5 nitrogen and oxygen atoms in total. The summed E-state index contributed by atoms with van der Waals surface area (Å²) in [4.78, 5) is 10.9. The highest BCUT2D eigenvalue weighted by molar-refractivity contribution is 8.22. The standard InChI is InChI=1S/C10H16N2O3S2/c1-2-9(13)11-3-4-17-10(16)12-8-5-14-7-15-6-8/h2,8H,1,3-7H2,(H,11,13)(H,12,16). The second-order valence-corrected chi connectivity index (χ2v) is 5.10. The number of nitrogens with one attached hydrogen (secondary N) is 2. The van der Waals surface area contributed by atoms with Gasteiger partial charge in [-0.15, -0.1) is 0 Å². The van der Waals surface area contributed by atoms with Crippen molar-refractivity contribution in [3.8, 4) is 0 Å². The van der Waals surface area contributed by atoms with Crippen LogP contribution in [0.2, 0.25) is 0 Å². The molecule has 0 aromatic carbocycles. The van der Waals surface area contributed by atoms with Gasteiger partial charge in [0.2, 0.25) is 5.91 Å². The van der Waals surface area contributed by atoms with E-state index in [0.717, 1.165) is 5.75 Å². The van der Waals surface area contributed by atoms with Gasteiger partial charge in [-0.3, -0.25) is 4.79 Å². The van der Waals surface area contributed by atoms with E-state index in [4.69, 9.17) is 21.7 Å². The van der Waals surface area contributed by atoms with E-state index in [1.165, 1.54) is 17.8 Å². The summed E-state index contributed by atoms with van der Waals surface area (Å²) in [7, 11) is 0. The fourth-order valence-electron chi connectivity index (χ4n) is 1.17. The summed E-state index contributed by atoms with van der Waals surface area (Å²) >= 11 is 6.63. The molecular formula is C10H16N2O3S2. The summed E-state index contributed by atoms with van der Waals surface area (Å²) < 4.78 is 11.0. The van der Waals surface area contributed by atoms with Crippen molar-refractivity contribution in [3.63, 3.8) is 0 Å². The molecule has 0 spiro atoms. The molecule has 1 rings (SSSR count). The molecule has 7 heteroatoms. The molecular weight excluding hydrogens is 260 g/mol. The van der Waals surface area contributed by atoms with Crippen LogP contribution >= 0.6 is 24.0 Å². The Hall–Kier alpha value is -0.630. The third kappa shape index (κ3) is 6.62. The van der Waals surface area contributed by atoms with Crippen LogP contribution in [-0.4, -0.2) is 48.6 Å². The SMILES string of the molecule is C=CC(=O)NCCSC(=S)NC1COCOC1. The highest BCUT2D eigenvalue weighted by Gasteiger charge is 2.14. The van der Waals surface area contributed by atoms with Gasteiger partial charge in [-0.25, -0.2) is 0 Å². The van der Waals surface area contributed by atoms with Gasteiger partial charge >= 0.3 is 0 Å². The molecule has 96 valence electrons. The molecule has 0 saturated carbocycles. The van der Waals surface area contributed by atoms with Crippen LogP contribution in [0.3, 0.4) is 0 Å². The van der Waals surface area contributed by atoms with E-state index in [9.17, 15) is 4.79 Å². The molecule has 0 aromatic rings. The van der Waals surface area contributed by atoms with Gasteiger partial charge in [0.1, 0.15) is 11.1 Å². The van der Waals surface area contributed by atoms with Crippen molar-refractivity contribution in [1.82, 2.24) is 10.6 Å². The first-order valence-electron chi connectivity index (χ1n) is 5.21. The van der Waals surface area contributed by atoms with Crippen LogP contribution in [0.15, 0.2) is 12.7 Å². The number of carbonyl (C=O) groups is 1. The lowest BCUT2D eigenvalue weighted by atomic mass is 10.3. The summed E-state index contributed by atoms with van der Waals surface area (Å²) in [6.45, 7) is 5.49. The van der Waals surface area contributed by atoms with Gasteiger partial charge < -0.3 is 20.1 Å². The summed E-state index contributed by atoms with van der Waals surface area (Å²) in [6.07, 6.45) is 1.25. The monoisotopic (exact) mass is 276 g/mol. The van der Waals surface area contributed by atoms with Crippen LogP contribution < -0.4 is 10.6 Å². The molecule has 0 unspecified atom stereocenters. The van der Waals surface area contributed by atoms with Crippen LogP contribution in [0.1, 0.15) is 0 Å². The minimum Gasteiger partial charge on any atom is -0.364 e. The van der Waals surface area contributed by atoms with E-state index < -0.39 is 0 Å². The van der Waals surface area contributed by atoms with Crippen molar-refractivity contribution in [2.75, 3.05) is 32.3 Å². The lowest BCUT2D eigenvalue weighted by Crippen LogP contribution is -2.43. The lowest BCUT2D eigenvalue weighted by Gasteiger charge is -2.24. The van der Waals surface area contributed by atoms with Crippen molar-refractivity contribution < 1.29 is 14.3 Å². The lowest BCUT2D eigenvalue weighted by molar-refractivity contribution is -0.116. The predicted molar refractivity (Wildman–Crippen MR) is 72.0 cm³/mol. The zero-order valence-corrected chi connectivity index (χ0v) is 11.1. The van der Waals surface area contributed by atoms with Crippen molar-refractivity contribution >= 4 is 34.2 Å². The van der Waals surface area contributed by atoms with Gasteiger partial charge in [0.05, 0.1) is 19.3 Å². The van der Waals surface area contributed by atoms with Gasteiger partial charge in [-0.05, 0) is 6.08 Å². The maximum atomic E-state index is 10.9. The first-order valence-corrected chi connectivity index (χ1v) is 6.61. The molecule has 1 heterocycles. The van der Waals surface area contributed by atoms with Gasteiger partial charge in [0.25, 0.3) is 0 Å². The van der Waals surface area contributed by atoms with E-state index in [2.05, 4.69) is 17.2 Å². The summed E-state index contributed by atoms with van der Waals surface area (Å²) in [5.74, 6) is 0.554. The quantitative estimate of drug-likeness (QED) is 0.427. The number of ether oxygens (including phenoxy) is 2. The van der Waals surface area contributed by atoms with E-state index in [1.54, 1.807) is 0 Å².